The first-order valence-corrected chi connectivity index (χ1v) is 6.96. The Morgan fingerprint density at radius 2 is 2.33 bits per heavy atom. The number of rotatable bonds is 2. The summed E-state index contributed by atoms with van der Waals surface area (Å²) in [5.41, 5.74) is 2.15. The zero-order valence-corrected chi connectivity index (χ0v) is 11.4. The summed E-state index contributed by atoms with van der Waals surface area (Å²) in [5, 5.41) is 4.32. The van der Waals surface area contributed by atoms with Crippen molar-refractivity contribution >= 4 is 22.6 Å². The zero-order valence-electron chi connectivity index (χ0n) is 10.6. The largest absolute Gasteiger partial charge is 0.331 e. The number of fused-ring (bicyclic) bond motifs is 1. The maximum Gasteiger partial charge on any atom is 0.111 e. The van der Waals surface area contributed by atoms with Crippen LogP contribution in [-0.4, -0.2) is 22.1 Å². The maximum absolute atomic E-state index is 6.01. The van der Waals surface area contributed by atoms with E-state index in [4.69, 9.17) is 16.6 Å². The third-order valence-electron chi connectivity index (χ3n) is 3.78. The van der Waals surface area contributed by atoms with Gasteiger partial charge in [0.2, 0.25) is 0 Å². The minimum atomic E-state index is 0.574. The number of hydrogen-bond donors (Lipinski definition) is 1. The van der Waals surface area contributed by atoms with E-state index in [1.807, 2.05) is 18.2 Å². The van der Waals surface area contributed by atoms with Gasteiger partial charge in [-0.25, -0.2) is 4.98 Å². The molecule has 0 saturated carbocycles. The molecule has 1 unspecified atom stereocenters. The van der Waals surface area contributed by atoms with Crippen LogP contribution in [0.25, 0.3) is 11.0 Å². The Labute approximate surface area is 112 Å². The summed E-state index contributed by atoms with van der Waals surface area (Å²) in [7, 11) is 2.08. The van der Waals surface area contributed by atoms with Crippen LogP contribution in [0, 0.1) is 0 Å². The molecule has 1 fully saturated rings. The minimum absolute atomic E-state index is 0.574. The van der Waals surface area contributed by atoms with Gasteiger partial charge in [0, 0.05) is 24.5 Å². The third kappa shape index (κ3) is 2.25. The van der Waals surface area contributed by atoms with Crippen LogP contribution in [0.2, 0.25) is 5.02 Å². The highest BCUT2D eigenvalue weighted by atomic mass is 35.5. The van der Waals surface area contributed by atoms with Crippen LogP contribution < -0.4 is 5.32 Å². The van der Waals surface area contributed by atoms with E-state index in [2.05, 4.69) is 16.9 Å². The molecule has 0 aliphatic carbocycles. The van der Waals surface area contributed by atoms with Gasteiger partial charge in [-0.05, 0) is 37.6 Å². The van der Waals surface area contributed by atoms with Crippen LogP contribution in [0.3, 0.4) is 0 Å². The van der Waals surface area contributed by atoms with E-state index in [-0.39, 0.29) is 0 Å². The summed E-state index contributed by atoms with van der Waals surface area (Å²) < 4.78 is 2.18. The molecule has 0 spiro atoms. The summed E-state index contributed by atoms with van der Waals surface area (Å²) in [4.78, 5) is 4.71. The van der Waals surface area contributed by atoms with Gasteiger partial charge in [0.15, 0.2) is 0 Å². The Bertz CT molecular complexity index is 555. The number of aryl methyl sites for hydroxylation is 1. The van der Waals surface area contributed by atoms with E-state index in [9.17, 15) is 0 Å². The number of benzene rings is 1. The number of aromatic nitrogens is 2. The molecule has 1 aliphatic rings. The number of hydrogen-bond acceptors (Lipinski definition) is 2. The molecule has 96 valence electrons. The van der Waals surface area contributed by atoms with Gasteiger partial charge < -0.3 is 9.88 Å². The lowest BCUT2D eigenvalue weighted by Crippen LogP contribution is -2.36. The van der Waals surface area contributed by atoms with Crippen molar-refractivity contribution < 1.29 is 0 Å². The molecule has 1 aromatic heterocycles. The second-order valence-corrected chi connectivity index (χ2v) is 5.51. The van der Waals surface area contributed by atoms with Crippen molar-refractivity contribution in [1.82, 2.24) is 14.9 Å². The normalized spacial score (nSPS) is 20.4. The standard InChI is InChI=1S/C14H18ClN3/c1-18-13-6-5-10(15)8-12(13)17-14(18)9-11-4-2-3-7-16-11/h5-6,8,11,16H,2-4,7,9H2,1H3. The molecule has 0 amide bonds. The summed E-state index contributed by atoms with van der Waals surface area (Å²) in [5.74, 6) is 1.15. The first kappa shape index (κ1) is 12.0. The SMILES string of the molecule is Cn1c(CC2CCCCN2)nc2cc(Cl)ccc21. The van der Waals surface area contributed by atoms with Crippen molar-refractivity contribution in [2.24, 2.45) is 7.05 Å². The van der Waals surface area contributed by atoms with Crippen molar-refractivity contribution in [2.45, 2.75) is 31.7 Å². The molecular formula is C14H18ClN3. The molecule has 0 radical (unpaired) electrons. The van der Waals surface area contributed by atoms with E-state index < -0.39 is 0 Å². The van der Waals surface area contributed by atoms with Gasteiger partial charge in [-0.1, -0.05) is 18.0 Å². The van der Waals surface area contributed by atoms with E-state index in [1.165, 1.54) is 19.3 Å². The summed E-state index contributed by atoms with van der Waals surface area (Å²) in [6, 6.07) is 6.48. The second-order valence-electron chi connectivity index (χ2n) is 5.07. The van der Waals surface area contributed by atoms with Crippen molar-refractivity contribution in [3.63, 3.8) is 0 Å². The van der Waals surface area contributed by atoms with Crippen molar-refractivity contribution in [2.75, 3.05) is 6.54 Å². The van der Waals surface area contributed by atoms with E-state index in [1.54, 1.807) is 0 Å². The molecule has 18 heavy (non-hydrogen) atoms. The number of piperidine rings is 1. The molecule has 3 rings (SSSR count). The lowest BCUT2D eigenvalue weighted by Gasteiger charge is -2.22. The van der Waals surface area contributed by atoms with Gasteiger partial charge in [-0.15, -0.1) is 0 Å². The highest BCUT2D eigenvalue weighted by Gasteiger charge is 2.16. The molecule has 1 aromatic carbocycles. The van der Waals surface area contributed by atoms with Crippen molar-refractivity contribution in [1.29, 1.82) is 0 Å². The lowest BCUT2D eigenvalue weighted by molar-refractivity contribution is 0.392. The summed E-state index contributed by atoms with van der Waals surface area (Å²) >= 11 is 6.01. The molecule has 2 aromatic rings. The van der Waals surface area contributed by atoms with Gasteiger partial charge >= 0.3 is 0 Å². The number of nitrogens with one attached hydrogen (secondary N) is 1. The molecule has 1 aliphatic heterocycles. The molecular weight excluding hydrogens is 246 g/mol. The Morgan fingerprint density at radius 3 is 3.11 bits per heavy atom. The molecule has 1 atom stereocenters. The molecule has 0 bridgehead atoms. The van der Waals surface area contributed by atoms with Crippen molar-refractivity contribution in [3.05, 3.63) is 29.0 Å². The predicted molar refractivity (Wildman–Crippen MR) is 75.1 cm³/mol. The monoisotopic (exact) mass is 263 g/mol. The van der Waals surface area contributed by atoms with Gasteiger partial charge in [-0.3, -0.25) is 0 Å². The quantitative estimate of drug-likeness (QED) is 0.903. The van der Waals surface area contributed by atoms with E-state index in [0.29, 0.717) is 6.04 Å². The van der Waals surface area contributed by atoms with Gasteiger partial charge in [0.25, 0.3) is 0 Å². The topological polar surface area (TPSA) is 29.9 Å². The van der Waals surface area contributed by atoms with Crippen LogP contribution in [0.15, 0.2) is 18.2 Å². The number of nitrogens with zero attached hydrogens (tertiary/aromatic N) is 2. The second kappa shape index (κ2) is 4.90. The highest BCUT2D eigenvalue weighted by molar-refractivity contribution is 6.31. The molecule has 1 saturated heterocycles. The van der Waals surface area contributed by atoms with Crippen LogP contribution in [0.4, 0.5) is 0 Å². The minimum Gasteiger partial charge on any atom is -0.331 e. The Balaban J connectivity index is 1.89. The van der Waals surface area contributed by atoms with Crippen LogP contribution >= 0.6 is 11.6 Å². The maximum atomic E-state index is 6.01. The van der Waals surface area contributed by atoms with Gasteiger partial charge in [-0.2, -0.15) is 0 Å². The first-order chi connectivity index (χ1) is 8.74. The predicted octanol–water partition coefficient (Wildman–Crippen LogP) is 2.91. The summed E-state index contributed by atoms with van der Waals surface area (Å²) in [6.07, 6.45) is 4.88. The smallest absolute Gasteiger partial charge is 0.111 e. The molecule has 1 N–H and O–H groups in total. The third-order valence-corrected chi connectivity index (χ3v) is 4.01. The zero-order chi connectivity index (χ0) is 12.5. The fourth-order valence-electron chi connectivity index (χ4n) is 2.72. The number of halogens is 1. The van der Waals surface area contributed by atoms with Gasteiger partial charge in [0.05, 0.1) is 11.0 Å². The summed E-state index contributed by atoms with van der Waals surface area (Å²) in [6.45, 7) is 1.14. The Morgan fingerprint density at radius 1 is 1.44 bits per heavy atom. The average molecular weight is 264 g/mol. The molecule has 4 heteroatoms. The molecule has 2 heterocycles. The van der Waals surface area contributed by atoms with Gasteiger partial charge in [0.1, 0.15) is 5.82 Å². The van der Waals surface area contributed by atoms with Crippen LogP contribution in [0.5, 0.6) is 0 Å². The fraction of sp³-hybridized carbons (Fsp3) is 0.500. The van der Waals surface area contributed by atoms with E-state index >= 15 is 0 Å². The lowest BCUT2D eigenvalue weighted by atomic mass is 10.0. The first-order valence-electron chi connectivity index (χ1n) is 6.58. The Kier molecular flexibility index (Phi) is 3.27. The number of imidazole rings is 1. The Hall–Kier alpha value is -1.06. The highest BCUT2D eigenvalue weighted by Crippen LogP contribution is 2.21. The average Bonchev–Trinajstić information content (AvgIpc) is 2.67. The van der Waals surface area contributed by atoms with Crippen LogP contribution in [0.1, 0.15) is 25.1 Å². The fourth-order valence-corrected chi connectivity index (χ4v) is 2.89. The molecule has 3 nitrogen and oxygen atoms in total. The van der Waals surface area contributed by atoms with E-state index in [0.717, 1.165) is 34.8 Å². The van der Waals surface area contributed by atoms with Crippen LogP contribution in [-0.2, 0) is 13.5 Å². The van der Waals surface area contributed by atoms with Crippen molar-refractivity contribution in [3.8, 4) is 0 Å².